The lowest BCUT2D eigenvalue weighted by Gasteiger charge is -2.15. The van der Waals surface area contributed by atoms with Crippen molar-refractivity contribution in [1.29, 1.82) is 0 Å². The Hall–Kier alpha value is -2.20. The van der Waals surface area contributed by atoms with Crippen LogP contribution in [0, 0.1) is 0 Å². The van der Waals surface area contributed by atoms with Crippen LogP contribution in [0.2, 0.25) is 0 Å². The first-order chi connectivity index (χ1) is 12.6. The van der Waals surface area contributed by atoms with Gasteiger partial charge in [0.25, 0.3) is 0 Å². The molecule has 0 unspecified atom stereocenters. The molecular formula is C17H20N2O6S2. The topological polar surface area (TPSA) is 137 Å². The van der Waals surface area contributed by atoms with E-state index < -0.39 is 36.0 Å². The van der Waals surface area contributed by atoms with Crippen molar-refractivity contribution >= 4 is 31.1 Å². The molecule has 8 nitrogen and oxygen atoms in total. The first-order valence-electron chi connectivity index (χ1n) is 8.51. The van der Waals surface area contributed by atoms with Crippen LogP contribution in [0.1, 0.15) is 54.3 Å². The average molecular weight is 412 g/mol. The highest BCUT2D eigenvalue weighted by atomic mass is 32.2. The maximum absolute atomic E-state index is 13.1. The van der Waals surface area contributed by atoms with Gasteiger partial charge in [0, 0.05) is 11.5 Å². The second kappa shape index (κ2) is 6.75. The maximum Gasteiger partial charge on any atom is 0.199 e. The lowest BCUT2D eigenvalue weighted by atomic mass is 10.0. The van der Waals surface area contributed by atoms with Crippen molar-refractivity contribution < 1.29 is 26.2 Å². The Morgan fingerprint density at radius 3 is 2.30 bits per heavy atom. The molecule has 0 amide bonds. The van der Waals surface area contributed by atoms with Crippen molar-refractivity contribution in [2.45, 2.75) is 42.4 Å². The summed E-state index contributed by atoms with van der Waals surface area (Å²) in [5, 5.41) is 3.66. The zero-order chi connectivity index (χ0) is 20.0. The summed E-state index contributed by atoms with van der Waals surface area (Å²) in [5.74, 6) is -0.657. The summed E-state index contributed by atoms with van der Waals surface area (Å²) >= 11 is 0. The minimum Gasteiger partial charge on any atom is -0.397 e. The van der Waals surface area contributed by atoms with E-state index in [1.54, 1.807) is 0 Å². The van der Waals surface area contributed by atoms with E-state index in [4.69, 9.17) is 10.3 Å². The van der Waals surface area contributed by atoms with Crippen molar-refractivity contribution in [2.24, 2.45) is 0 Å². The zero-order valence-electron chi connectivity index (χ0n) is 14.9. The van der Waals surface area contributed by atoms with Crippen LogP contribution in [0.4, 0.5) is 5.69 Å². The number of ketones is 1. The van der Waals surface area contributed by atoms with E-state index in [1.165, 1.54) is 32.2 Å². The Balaban J connectivity index is 2.25. The van der Waals surface area contributed by atoms with Crippen molar-refractivity contribution in [1.82, 2.24) is 5.16 Å². The molecule has 1 fully saturated rings. The molecule has 1 aromatic heterocycles. The summed E-state index contributed by atoms with van der Waals surface area (Å²) in [6, 6.07) is 2.38. The smallest absolute Gasteiger partial charge is 0.199 e. The monoisotopic (exact) mass is 412 g/mol. The quantitative estimate of drug-likeness (QED) is 0.538. The van der Waals surface area contributed by atoms with E-state index in [1.807, 2.05) is 0 Å². The lowest BCUT2D eigenvalue weighted by Crippen LogP contribution is -2.18. The highest BCUT2D eigenvalue weighted by molar-refractivity contribution is 7.92. The fourth-order valence-corrected chi connectivity index (χ4v) is 5.19. The first-order valence-corrected chi connectivity index (χ1v) is 11.8. The standard InChI is InChI=1S/C17H20N2O6S2/c1-3-26(21,22)13-8-7-11(17(14(13)18)27(23,24)4-2)15(20)12-9-19-25-16(12)10-5-6-10/h7-10H,3-6,18H2,1-2H3. The number of hydrogen-bond donors (Lipinski definition) is 1. The van der Waals surface area contributed by atoms with E-state index in [0.29, 0.717) is 5.76 Å². The molecular weight excluding hydrogens is 392 g/mol. The van der Waals surface area contributed by atoms with Gasteiger partial charge in [-0.25, -0.2) is 16.8 Å². The number of aromatic nitrogens is 1. The minimum absolute atomic E-state index is 0.0924. The third-order valence-electron chi connectivity index (χ3n) is 4.60. The summed E-state index contributed by atoms with van der Waals surface area (Å²) in [5.41, 5.74) is 5.54. The highest BCUT2D eigenvalue weighted by Gasteiger charge is 2.35. The Labute approximate surface area is 157 Å². The van der Waals surface area contributed by atoms with Crippen LogP contribution < -0.4 is 5.73 Å². The molecule has 1 saturated carbocycles. The summed E-state index contributed by atoms with van der Waals surface area (Å²) in [6.07, 6.45) is 2.99. The molecule has 146 valence electrons. The number of carbonyl (C=O) groups is 1. The van der Waals surface area contributed by atoms with Gasteiger partial charge in [0.2, 0.25) is 0 Å². The minimum atomic E-state index is -3.97. The third kappa shape index (κ3) is 3.39. The van der Waals surface area contributed by atoms with Gasteiger partial charge in [-0.2, -0.15) is 0 Å². The van der Waals surface area contributed by atoms with Crippen LogP contribution >= 0.6 is 0 Å². The van der Waals surface area contributed by atoms with Gasteiger partial charge in [-0.05, 0) is 25.0 Å². The van der Waals surface area contributed by atoms with Crippen LogP contribution in [0.3, 0.4) is 0 Å². The number of hydrogen-bond acceptors (Lipinski definition) is 8. The number of benzene rings is 1. The molecule has 2 N–H and O–H groups in total. The third-order valence-corrected chi connectivity index (χ3v) is 8.21. The molecule has 10 heteroatoms. The normalized spacial score (nSPS) is 15.0. The van der Waals surface area contributed by atoms with Gasteiger partial charge in [0.1, 0.15) is 4.90 Å². The summed E-state index contributed by atoms with van der Waals surface area (Å²) in [4.78, 5) is 12.3. The number of nitrogens with zero attached hydrogens (tertiary/aromatic N) is 1. The number of nitrogens with two attached hydrogens (primary N) is 1. The van der Waals surface area contributed by atoms with E-state index in [0.717, 1.165) is 12.8 Å². The Bertz CT molecular complexity index is 1110. The Kier molecular flexibility index (Phi) is 4.89. The molecule has 0 saturated heterocycles. The van der Waals surface area contributed by atoms with Gasteiger partial charge in [-0.15, -0.1) is 0 Å². The van der Waals surface area contributed by atoms with Gasteiger partial charge in [0.05, 0.1) is 33.8 Å². The largest absolute Gasteiger partial charge is 0.397 e. The molecule has 0 bridgehead atoms. The number of nitrogen functional groups attached to an aromatic ring is 1. The maximum atomic E-state index is 13.1. The summed E-state index contributed by atoms with van der Waals surface area (Å²) < 4.78 is 55.0. The molecule has 2 aromatic rings. The molecule has 1 heterocycles. The van der Waals surface area contributed by atoms with Crippen molar-refractivity contribution in [3.63, 3.8) is 0 Å². The zero-order valence-corrected chi connectivity index (χ0v) is 16.6. The molecule has 0 spiro atoms. The Morgan fingerprint density at radius 2 is 1.74 bits per heavy atom. The van der Waals surface area contributed by atoms with Crippen molar-refractivity contribution in [3.05, 3.63) is 35.2 Å². The molecule has 1 aliphatic carbocycles. The molecule has 1 aliphatic rings. The van der Waals surface area contributed by atoms with E-state index in [9.17, 15) is 21.6 Å². The van der Waals surface area contributed by atoms with Gasteiger partial charge >= 0.3 is 0 Å². The SMILES string of the molecule is CCS(=O)(=O)c1ccc(C(=O)c2cnoc2C2CC2)c(S(=O)(=O)CC)c1N. The van der Waals surface area contributed by atoms with E-state index in [-0.39, 0.29) is 33.4 Å². The molecule has 1 aromatic carbocycles. The fraction of sp³-hybridized carbons (Fsp3) is 0.412. The first kappa shape index (κ1) is 19.6. The molecule has 3 rings (SSSR count). The molecule has 0 aliphatic heterocycles. The molecule has 0 atom stereocenters. The van der Waals surface area contributed by atoms with E-state index in [2.05, 4.69) is 5.16 Å². The lowest BCUT2D eigenvalue weighted by molar-refractivity contribution is 0.103. The summed E-state index contributed by atoms with van der Waals surface area (Å²) in [7, 11) is -7.72. The van der Waals surface area contributed by atoms with Gasteiger partial charge < -0.3 is 10.3 Å². The second-order valence-corrected chi connectivity index (χ2v) is 10.8. The van der Waals surface area contributed by atoms with Crippen molar-refractivity contribution in [2.75, 3.05) is 17.2 Å². The molecule has 0 radical (unpaired) electrons. The number of sulfone groups is 2. The summed E-state index contributed by atoms with van der Waals surface area (Å²) in [6.45, 7) is 2.83. The molecule has 27 heavy (non-hydrogen) atoms. The number of rotatable bonds is 7. The van der Waals surface area contributed by atoms with Crippen LogP contribution in [0.5, 0.6) is 0 Å². The van der Waals surface area contributed by atoms with Crippen LogP contribution in [0.25, 0.3) is 0 Å². The highest BCUT2D eigenvalue weighted by Crippen LogP contribution is 2.42. The van der Waals surface area contributed by atoms with Gasteiger partial charge in [-0.3, -0.25) is 4.79 Å². The van der Waals surface area contributed by atoms with Gasteiger partial charge in [0.15, 0.2) is 31.2 Å². The number of carbonyl (C=O) groups excluding carboxylic acids is 1. The predicted octanol–water partition coefficient (Wildman–Crippen LogP) is 1.95. The van der Waals surface area contributed by atoms with E-state index >= 15 is 0 Å². The second-order valence-electron chi connectivity index (χ2n) is 6.37. The Morgan fingerprint density at radius 1 is 1.11 bits per heavy atom. The number of anilines is 1. The fourth-order valence-electron chi connectivity index (χ4n) is 2.87. The van der Waals surface area contributed by atoms with Crippen molar-refractivity contribution in [3.8, 4) is 0 Å². The average Bonchev–Trinajstić information content (AvgIpc) is 3.36. The predicted molar refractivity (Wildman–Crippen MR) is 98.2 cm³/mol. The van der Waals surface area contributed by atoms with Crippen LogP contribution in [-0.2, 0) is 19.7 Å². The van der Waals surface area contributed by atoms with Crippen LogP contribution in [-0.4, -0.2) is 39.3 Å². The van der Waals surface area contributed by atoms with Crippen LogP contribution in [0.15, 0.2) is 32.6 Å². The van der Waals surface area contributed by atoms with Gasteiger partial charge in [-0.1, -0.05) is 19.0 Å².